The molecule has 0 aliphatic carbocycles. The molecule has 12 nitrogen and oxygen atoms in total. The van der Waals surface area contributed by atoms with Crippen LogP contribution in [0.3, 0.4) is 0 Å². The lowest BCUT2D eigenvalue weighted by Gasteiger charge is -2.37. The van der Waals surface area contributed by atoms with Crippen molar-refractivity contribution in [2.45, 2.75) is 30.1 Å². The Morgan fingerprint density at radius 3 is 1.94 bits per heavy atom. The van der Waals surface area contributed by atoms with Gasteiger partial charge in [-0.15, -0.1) is 0 Å². The van der Waals surface area contributed by atoms with Gasteiger partial charge in [0.25, 0.3) is 5.91 Å². The molecule has 52 heavy (non-hydrogen) atoms. The van der Waals surface area contributed by atoms with Crippen LogP contribution >= 0.6 is 0 Å². The highest BCUT2D eigenvalue weighted by molar-refractivity contribution is 6.03. The van der Waals surface area contributed by atoms with Crippen LogP contribution in [-0.4, -0.2) is 80.0 Å². The van der Waals surface area contributed by atoms with Crippen molar-refractivity contribution in [3.63, 3.8) is 0 Å². The Morgan fingerprint density at radius 1 is 0.808 bits per heavy atom. The molecule has 1 aromatic heterocycles. The van der Waals surface area contributed by atoms with E-state index in [1.54, 1.807) is 44.6 Å². The molecule has 12 heteroatoms. The molecule has 1 saturated heterocycles. The van der Waals surface area contributed by atoms with Crippen LogP contribution in [0.1, 0.15) is 33.3 Å². The molecule has 0 saturated carbocycles. The maximum absolute atomic E-state index is 13.4. The van der Waals surface area contributed by atoms with Crippen LogP contribution in [0.5, 0.6) is 11.5 Å². The first-order valence-corrected chi connectivity index (χ1v) is 16.8. The molecule has 1 fully saturated rings. The normalized spacial score (nSPS) is 18.5. The summed E-state index contributed by atoms with van der Waals surface area (Å²) in [5.74, 6) is 1.01. The number of nitrogens with zero attached hydrogens (tertiary/aromatic N) is 2. The van der Waals surface area contributed by atoms with Crippen molar-refractivity contribution in [2.75, 3.05) is 46.5 Å². The van der Waals surface area contributed by atoms with Gasteiger partial charge in [-0.25, -0.2) is 4.79 Å². The molecule has 0 bridgehead atoms. The number of hydrogen-bond donors (Lipinski definition) is 2. The SMILES string of the molecule is COCCO[C@H]1[C@H](O)[C@@H](COC(c2ccccc2)(c2ccc(OC)cc2)c2ccc(OC)cc2)O[C@@H]1n1ccc(NC(=O)c2ccccc2)nc1=O. The van der Waals surface area contributed by atoms with E-state index < -0.39 is 41.7 Å². The van der Waals surface area contributed by atoms with Crippen molar-refractivity contribution >= 4 is 11.7 Å². The van der Waals surface area contributed by atoms with Gasteiger partial charge in [0.05, 0.1) is 34.0 Å². The van der Waals surface area contributed by atoms with E-state index in [2.05, 4.69) is 10.3 Å². The molecule has 4 aromatic carbocycles. The Kier molecular flexibility index (Phi) is 11.7. The van der Waals surface area contributed by atoms with Crippen LogP contribution in [0.25, 0.3) is 0 Å². The first-order chi connectivity index (χ1) is 25.4. The van der Waals surface area contributed by atoms with Gasteiger partial charge in [-0.05, 0) is 59.2 Å². The number of aliphatic hydroxyl groups is 1. The van der Waals surface area contributed by atoms with Crippen LogP contribution in [-0.2, 0) is 24.5 Å². The monoisotopic (exact) mass is 707 g/mol. The van der Waals surface area contributed by atoms with Gasteiger partial charge in [-0.1, -0.05) is 72.8 Å². The van der Waals surface area contributed by atoms with E-state index in [1.807, 2.05) is 78.9 Å². The standard InChI is InChI=1S/C40H41N3O9/c1-47-24-25-50-36-35(44)33(52-38(36)43-23-22-34(42-39(43)46)41-37(45)27-10-6-4-7-11-27)26-51-40(28-12-8-5-9-13-28,29-14-18-31(48-2)19-15-29)30-16-20-32(49-3)21-17-30/h4-23,33,35-36,38,44H,24-26H2,1-3H3,(H,41,42,45,46)/t33-,35-,36+,38+/m1/s1. The number of amides is 1. The summed E-state index contributed by atoms with van der Waals surface area (Å²) in [4.78, 5) is 30.2. The second kappa shape index (κ2) is 16.8. The highest BCUT2D eigenvalue weighted by atomic mass is 16.6. The molecular formula is C40H41N3O9. The van der Waals surface area contributed by atoms with Gasteiger partial charge in [-0.2, -0.15) is 4.98 Å². The molecule has 2 N–H and O–H groups in total. The maximum Gasteiger partial charge on any atom is 0.351 e. The topological polar surface area (TPSA) is 140 Å². The van der Waals surface area contributed by atoms with Gasteiger partial charge in [0.15, 0.2) is 6.23 Å². The number of benzene rings is 4. The van der Waals surface area contributed by atoms with Gasteiger partial charge >= 0.3 is 5.69 Å². The zero-order valence-corrected chi connectivity index (χ0v) is 29.1. The fourth-order valence-corrected chi connectivity index (χ4v) is 6.26. The van der Waals surface area contributed by atoms with E-state index in [1.165, 1.54) is 23.9 Å². The molecule has 0 radical (unpaired) electrons. The number of anilines is 1. The average Bonchev–Trinajstić information content (AvgIpc) is 3.50. The van der Waals surface area contributed by atoms with E-state index >= 15 is 0 Å². The van der Waals surface area contributed by atoms with Crippen LogP contribution < -0.4 is 20.5 Å². The van der Waals surface area contributed by atoms with Crippen molar-refractivity contribution in [3.05, 3.63) is 154 Å². The lowest BCUT2D eigenvalue weighted by Crippen LogP contribution is -2.41. The van der Waals surface area contributed by atoms with Crippen molar-refractivity contribution in [3.8, 4) is 11.5 Å². The fourth-order valence-electron chi connectivity index (χ4n) is 6.26. The summed E-state index contributed by atoms with van der Waals surface area (Å²) in [5.41, 5.74) is 0.965. The van der Waals surface area contributed by atoms with Gasteiger partial charge in [0.2, 0.25) is 0 Å². The van der Waals surface area contributed by atoms with E-state index in [4.69, 9.17) is 28.4 Å². The largest absolute Gasteiger partial charge is 0.497 e. The minimum atomic E-state index is -1.22. The number of ether oxygens (including phenoxy) is 6. The van der Waals surface area contributed by atoms with Crippen LogP contribution in [0.4, 0.5) is 5.82 Å². The number of rotatable bonds is 15. The summed E-state index contributed by atoms with van der Waals surface area (Å²) in [6.45, 7) is 0.271. The Balaban J connectivity index is 1.33. The predicted molar refractivity (Wildman–Crippen MR) is 193 cm³/mol. The quantitative estimate of drug-likeness (QED) is 0.115. The van der Waals surface area contributed by atoms with Gasteiger partial charge in [0, 0.05) is 18.9 Å². The zero-order valence-electron chi connectivity index (χ0n) is 29.1. The predicted octanol–water partition coefficient (Wildman–Crippen LogP) is 4.81. The van der Waals surface area contributed by atoms with E-state index in [-0.39, 0.29) is 25.6 Å². The number of carbonyl (C=O) groups excluding carboxylic acids is 1. The second-order valence-electron chi connectivity index (χ2n) is 12.0. The first kappa shape index (κ1) is 36.4. The Hall–Kier alpha value is -5.37. The Bertz CT molecular complexity index is 1910. The molecule has 0 unspecified atom stereocenters. The fraction of sp³-hybridized carbons (Fsp3) is 0.275. The van der Waals surface area contributed by atoms with Crippen molar-refractivity contribution in [2.24, 2.45) is 0 Å². The molecule has 4 atom stereocenters. The smallest absolute Gasteiger partial charge is 0.351 e. The number of aromatic nitrogens is 2. The minimum absolute atomic E-state index is 0.0667. The zero-order chi connectivity index (χ0) is 36.5. The van der Waals surface area contributed by atoms with Gasteiger partial charge < -0.3 is 38.8 Å². The first-order valence-electron chi connectivity index (χ1n) is 16.8. The number of aliphatic hydroxyl groups excluding tert-OH is 1. The Labute approximate surface area is 301 Å². The highest BCUT2D eigenvalue weighted by Gasteiger charge is 2.48. The number of hydrogen-bond acceptors (Lipinski definition) is 10. The summed E-state index contributed by atoms with van der Waals surface area (Å²) in [6, 6.07) is 35.0. The van der Waals surface area contributed by atoms with E-state index in [0.717, 1.165) is 16.7 Å². The highest BCUT2D eigenvalue weighted by Crippen LogP contribution is 2.43. The summed E-state index contributed by atoms with van der Waals surface area (Å²) >= 11 is 0. The average molecular weight is 708 g/mol. The van der Waals surface area contributed by atoms with E-state index in [0.29, 0.717) is 17.1 Å². The molecular weight excluding hydrogens is 666 g/mol. The lowest BCUT2D eigenvalue weighted by atomic mass is 9.80. The minimum Gasteiger partial charge on any atom is -0.497 e. The summed E-state index contributed by atoms with van der Waals surface area (Å²) in [5, 5.41) is 14.4. The van der Waals surface area contributed by atoms with Gasteiger partial charge in [0.1, 0.15) is 41.2 Å². The molecule has 1 aliphatic rings. The van der Waals surface area contributed by atoms with E-state index in [9.17, 15) is 14.7 Å². The third kappa shape index (κ3) is 7.76. The number of methoxy groups -OCH3 is 3. The number of nitrogens with one attached hydrogen (secondary N) is 1. The maximum atomic E-state index is 13.4. The van der Waals surface area contributed by atoms with Crippen molar-refractivity contribution in [1.29, 1.82) is 0 Å². The lowest BCUT2D eigenvalue weighted by molar-refractivity contribution is -0.0993. The molecule has 1 aliphatic heterocycles. The third-order valence-corrected chi connectivity index (χ3v) is 8.93. The molecule has 5 aromatic rings. The molecule has 2 heterocycles. The van der Waals surface area contributed by atoms with Crippen molar-refractivity contribution < 1.29 is 38.3 Å². The molecule has 0 spiro atoms. The number of carbonyl (C=O) groups is 1. The van der Waals surface area contributed by atoms with Crippen LogP contribution in [0.2, 0.25) is 0 Å². The Morgan fingerprint density at radius 2 is 1.38 bits per heavy atom. The molecule has 270 valence electrons. The summed E-state index contributed by atoms with van der Waals surface area (Å²) in [7, 11) is 4.75. The molecule has 6 rings (SSSR count). The molecule has 1 amide bonds. The summed E-state index contributed by atoms with van der Waals surface area (Å²) < 4.78 is 36.8. The van der Waals surface area contributed by atoms with Crippen molar-refractivity contribution in [1.82, 2.24) is 9.55 Å². The third-order valence-electron chi connectivity index (χ3n) is 8.93. The summed E-state index contributed by atoms with van der Waals surface area (Å²) in [6.07, 6.45) is -2.77. The van der Waals surface area contributed by atoms with Crippen LogP contribution in [0.15, 0.2) is 126 Å². The second-order valence-corrected chi connectivity index (χ2v) is 12.0. The van der Waals surface area contributed by atoms with Gasteiger partial charge in [-0.3, -0.25) is 9.36 Å². The van der Waals surface area contributed by atoms with Crippen LogP contribution in [0, 0.1) is 0 Å².